The molecule has 1 aliphatic rings. The summed E-state index contributed by atoms with van der Waals surface area (Å²) in [5.41, 5.74) is 4.88. The average molecular weight is 530 g/mol. The predicted octanol–water partition coefficient (Wildman–Crippen LogP) is 3.52. The molecule has 11 nitrogen and oxygen atoms in total. The molecule has 5 heterocycles. The molecule has 0 aliphatic carbocycles. The molecule has 2 N–H and O–H groups in total. The van der Waals surface area contributed by atoms with E-state index in [1.165, 1.54) is 6.33 Å². The maximum atomic E-state index is 13.4. The standard InChI is InChI=1S/C26H24ClN9O2/c1-38-9-8-28-24-7-2-16(13-29-24)21-14-30-26(32-21)23-6-4-19-10-17(11-25(37)36(19)23)20-12-18(27)3-5-22(20)35-15-31-33-34-35/h2-3,5,7,10-15,23H,4,6,8-9H2,1H3,(H,28,29)(H,30,32)/t23-/m0/s1. The van der Waals surface area contributed by atoms with Crippen molar-refractivity contribution in [3.63, 3.8) is 0 Å². The number of anilines is 1. The van der Waals surface area contributed by atoms with Crippen LogP contribution in [0.2, 0.25) is 5.02 Å². The Morgan fingerprint density at radius 2 is 2.05 bits per heavy atom. The number of halogens is 1. The van der Waals surface area contributed by atoms with Crippen molar-refractivity contribution in [3.05, 3.63) is 88.1 Å². The van der Waals surface area contributed by atoms with Gasteiger partial charge in [0.15, 0.2) is 0 Å². The molecule has 0 amide bonds. The van der Waals surface area contributed by atoms with Crippen molar-refractivity contribution in [1.82, 2.24) is 39.7 Å². The van der Waals surface area contributed by atoms with E-state index >= 15 is 0 Å². The third kappa shape index (κ3) is 4.57. The highest BCUT2D eigenvalue weighted by atomic mass is 35.5. The van der Waals surface area contributed by atoms with Crippen LogP contribution in [0, 0.1) is 0 Å². The normalized spacial score (nSPS) is 14.5. The van der Waals surface area contributed by atoms with E-state index < -0.39 is 0 Å². The Labute approximate surface area is 222 Å². The van der Waals surface area contributed by atoms with Gasteiger partial charge in [0, 0.05) is 47.8 Å². The van der Waals surface area contributed by atoms with Crippen molar-refractivity contribution in [2.45, 2.75) is 18.9 Å². The number of benzene rings is 1. The highest BCUT2D eigenvalue weighted by Gasteiger charge is 2.28. The number of hydrogen-bond donors (Lipinski definition) is 2. The molecule has 1 atom stereocenters. The molecule has 38 heavy (non-hydrogen) atoms. The van der Waals surface area contributed by atoms with Crippen molar-refractivity contribution in [2.24, 2.45) is 0 Å². The Hall–Kier alpha value is -4.35. The summed E-state index contributed by atoms with van der Waals surface area (Å²) in [5, 5.41) is 15.2. The summed E-state index contributed by atoms with van der Waals surface area (Å²) in [6.07, 6.45) is 6.60. The molecule has 0 unspecified atom stereocenters. The van der Waals surface area contributed by atoms with Crippen molar-refractivity contribution < 1.29 is 4.74 Å². The lowest BCUT2D eigenvalue weighted by molar-refractivity contribution is 0.210. The van der Waals surface area contributed by atoms with Gasteiger partial charge in [-0.3, -0.25) is 4.79 Å². The van der Waals surface area contributed by atoms with Gasteiger partial charge in [0.2, 0.25) is 0 Å². The number of ether oxygens (including phenoxy) is 1. The number of aromatic nitrogens is 8. The Bertz CT molecular complexity index is 1630. The molecule has 0 spiro atoms. The van der Waals surface area contributed by atoms with Gasteiger partial charge in [0.25, 0.3) is 5.56 Å². The highest BCUT2D eigenvalue weighted by Crippen LogP contribution is 2.34. The average Bonchev–Trinajstić information content (AvgIpc) is 3.70. The smallest absolute Gasteiger partial charge is 0.252 e. The van der Waals surface area contributed by atoms with E-state index in [9.17, 15) is 4.79 Å². The van der Waals surface area contributed by atoms with E-state index in [4.69, 9.17) is 16.3 Å². The van der Waals surface area contributed by atoms with Gasteiger partial charge < -0.3 is 19.6 Å². The molecule has 1 aliphatic heterocycles. The van der Waals surface area contributed by atoms with E-state index in [0.29, 0.717) is 18.2 Å². The largest absolute Gasteiger partial charge is 0.383 e. The fourth-order valence-corrected chi connectivity index (χ4v) is 4.98. The zero-order chi connectivity index (χ0) is 26.1. The third-order valence-corrected chi connectivity index (χ3v) is 6.83. The van der Waals surface area contributed by atoms with Gasteiger partial charge in [-0.2, -0.15) is 4.68 Å². The lowest BCUT2D eigenvalue weighted by Gasteiger charge is -2.15. The number of hydrogen-bond acceptors (Lipinski definition) is 8. The number of nitrogens with zero attached hydrogens (tertiary/aromatic N) is 7. The number of aryl methyl sites for hydroxylation is 1. The summed E-state index contributed by atoms with van der Waals surface area (Å²) >= 11 is 6.31. The van der Waals surface area contributed by atoms with Crippen LogP contribution in [0.3, 0.4) is 0 Å². The van der Waals surface area contributed by atoms with Crippen LogP contribution in [-0.2, 0) is 11.2 Å². The van der Waals surface area contributed by atoms with Crippen LogP contribution in [0.4, 0.5) is 5.82 Å². The molecule has 4 aromatic heterocycles. The van der Waals surface area contributed by atoms with Gasteiger partial charge in [0.05, 0.1) is 30.2 Å². The number of pyridine rings is 2. The van der Waals surface area contributed by atoms with Gasteiger partial charge in [-0.15, -0.1) is 5.10 Å². The molecular weight excluding hydrogens is 506 g/mol. The number of methoxy groups -OCH3 is 1. The molecule has 0 radical (unpaired) electrons. The molecule has 0 saturated carbocycles. The van der Waals surface area contributed by atoms with Crippen LogP contribution >= 0.6 is 11.6 Å². The molecule has 0 bridgehead atoms. The predicted molar refractivity (Wildman–Crippen MR) is 143 cm³/mol. The lowest BCUT2D eigenvalue weighted by atomic mass is 10.0. The van der Waals surface area contributed by atoms with Crippen LogP contribution in [0.5, 0.6) is 0 Å². The summed E-state index contributed by atoms with van der Waals surface area (Å²) in [4.78, 5) is 25.9. The van der Waals surface area contributed by atoms with Crippen LogP contribution in [0.1, 0.15) is 24.0 Å². The monoisotopic (exact) mass is 529 g/mol. The van der Waals surface area contributed by atoms with E-state index in [1.54, 1.807) is 36.3 Å². The number of nitrogens with one attached hydrogen (secondary N) is 2. The van der Waals surface area contributed by atoms with E-state index in [0.717, 1.165) is 58.2 Å². The van der Waals surface area contributed by atoms with Gasteiger partial charge in [-0.25, -0.2) is 9.97 Å². The first-order chi connectivity index (χ1) is 18.6. The SMILES string of the molecule is COCCNc1ccc(-c2cnc([C@@H]3CCc4cc(-c5cc(Cl)ccc5-n5cnnn5)cc(=O)n43)[nH]2)cn1. The molecule has 0 fully saturated rings. The van der Waals surface area contributed by atoms with Crippen LogP contribution in [0.25, 0.3) is 28.1 Å². The fourth-order valence-electron chi connectivity index (χ4n) is 4.81. The molecular formula is C26H24ClN9O2. The minimum atomic E-state index is -0.179. The summed E-state index contributed by atoms with van der Waals surface area (Å²) < 4.78 is 8.42. The van der Waals surface area contributed by atoms with Crippen LogP contribution in [0.15, 0.2) is 66.0 Å². The number of aromatic amines is 1. The summed E-state index contributed by atoms with van der Waals surface area (Å²) in [6.45, 7) is 1.29. The topological polar surface area (TPSA) is 128 Å². The zero-order valence-corrected chi connectivity index (χ0v) is 21.3. The minimum Gasteiger partial charge on any atom is -0.383 e. The Morgan fingerprint density at radius 1 is 1.13 bits per heavy atom. The fraction of sp³-hybridized carbons (Fsp3) is 0.231. The van der Waals surface area contributed by atoms with E-state index in [-0.39, 0.29) is 11.6 Å². The maximum Gasteiger partial charge on any atom is 0.252 e. The minimum absolute atomic E-state index is 0.103. The summed E-state index contributed by atoms with van der Waals surface area (Å²) in [6, 6.07) is 12.8. The number of tetrazole rings is 1. The molecule has 192 valence electrons. The number of imidazole rings is 1. The van der Waals surface area contributed by atoms with Gasteiger partial charge in [0.1, 0.15) is 18.0 Å². The van der Waals surface area contributed by atoms with Crippen molar-refractivity contribution in [3.8, 4) is 28.1 Å². The molecule has 1 aromatic carbocycles. The van der Waals surface area contributed by atoms with Crippen LogP contribution in [-0.4, -0.2) is 60.0 Å². The number of H-pyrrole nitrogens is 1. The van der Waals surface area contributed by atoms with E-state index in [2.05, 4.69) is 35.8 Å². The van der Waals surface area contributed by atoms with Crippen molar-refractivity contribution in [2.75, 3.05) is 25.6 Å². The first-order valence-corrected chi connectivity index (χ1v) is 12.5. The Balaban J connectivity index is 1.28. The Morgan fingerprint density at radius 3 is 2.84 bits per heavy atom. The second-order valence-corrected chi connectivity index (χ2v) is 9.38. The molecule has 6 rings (SSSR count). The van der Waals surface area contributed by atoms with Crippen molar-refractivity contribution >= 4 is 17.4 Å². The van der Waals surface area contributed by atoms with E-state index in [1.807, 2.05) is 34.9 Å². The Kier molecular flexibility index (Phi) is 6.44. The highest BCUT2D eigenvalue weighted by molar-refractivity contribution is 6.31. The van der Waals surface area contributed by atoms with Crippen molar-refractivity contribution in [1.29, 1.82) is 0 Å². The third-order valence-electron chi connectivity index (χ3n) is 6.60. The number of fused-ring (bicyclic) bond motifs is 1. The maximum absolute atomic E-state index is 13.4. The lowest BCUT2D eigenvalue weighted by Crippen LogP contribution is -2.23. The number of rotatable bonds is 8. The summed E-state index contributed by atoms with van der Waals surface area (Å²) in [7, 11) is 1.66. The molecule has 12 heteroatoms. The molecule has 0 saturated heterocycles. The van der Waals surface area contributed by atoms with Gasteiger partial charge in [-0.05, 0) is 65.2 Å². The second-order valence-electron chi connectivity index (χ2n) is 8.95. The van der Waals surface area contributed by atoms with Gasteiger partial charge >= 0.3 is 0 Å². The molecule has 5 aromatic rings. The first-order valence-electron chi connectivity index (χ1n) is 12.1. The van der Waals surface area contributed by atoms with Crippen LogP contribution < -0.4 is 10.9 Å². The van der Waals surface area contributed by atoms with Gasteiger partial charge in [-0.1, -0.05) is 11.6 Å². The first kappa shape index (κ1) is 24.0. The summed E-state index contributed by atoms with van der Waals surface area (Å²) in [5.74, 6) is 1.52. The second kappa shape index (κ2) is 10.2. The zero-order valence-electron chi connectivity index (χ0n) is 20.5. The quantitative estimate of drug-likeness (QED) is 0.292.